The lowest BCUT2D eigenvalue weighted by molar-refractivity contribution is -0.135. The molecule has 1 heterocycles. The summed E-state index contributed by atoms with van der Waals surface area (Å²) in [4.78, 5) is 28.5. The molecule has 2 unspecified atom stereocenters. The molecule has 0 aromatic heterocycles. The van der Waals surface area contributed by atoms with Crippen molar-refractivity contribution in [2.45, 2.75) is 26.3 Å². The highest BCUT2D eigenvalue weighted by Crippen LogP contribution is 2.12. The molecule has 6 heteroatoms. The molecular weight excluding hydrogens is 314 g/mol. The molecule has 1 aromatic rings. The maximum atomic E-state index is 12.5. The highest BCUT2D eigenvalue weighted by molar-refractivity contribution is 5.94. The van der Waals surface area contributed by atoms with E-state index in [1.807, 2.05) is 54.0 Å². The molecule has 0 radical (unpaired) electrons. The summed E-state index contributed by atoms with van der Waals surface area (Å²) in [6, 6.07) is 9.13. The van der Waals surface area contributed by atoms with Crippen LogP contribution in [-0.2, 0) is 4.79 Å². The second-order valence-corrected chi connectivity index (χ2v) is 5.98. The Labute approximate surface area is 144 Å². The van der Waals surface area contributed by atoms with Crippen molar-refractivity contribution in [3.63, 3.8) is 0 Å². The summed E-state index contributed by atoms with van der Waals surface area (Å²) in [5, 5.41) is 0. The van der Waals surface area contributed by atoms with Crippen LogP contribution in [0.3, 0.4) is 0 Å². The van der Waals surface area contributed by atoms with Crippen LogP contribution in [0.5, 0.6) is 0 Å². The SMILES string of the molecule is CC(N)C(C)C(=O)N1CCCN(C(=O)c2ccccc2)CC1.Cl. The van der Waals surface area contributed by atoms with Gasteiger partial charge in [0.15, 0.2) is 0 Å². The Morgan fingerprint density at radius 3 is 2.17 bits per heavy atom. The third-order valence-corrected chi connectivity index (χ3v) is 4.29. The highest BCUT2D eigenvalue weighted by Gasteiger charge is 2.26. The van der Waals surface area contributed by atoms with Crippen molar-refractivity contribution in [1.29, 1.82) is 0 Å². The van der Waals surface area contributed by atoms with Gasteiger partial charge in [0.2, 0.25) is 5.91 Å². The lowest BCUT2D eigenvalue weighted by Gasteiger charge is -2.26. The number of nitrogens with zero attached hydrogens (tertiary/aromatic N) is 2. The van der Waals surface area contributed by atoms with Gasteiger partial charge in [0.25, 0.3) is 5.91 Å². The quantitative estimate of drug-likeness (QED) is 0.912. The van der Waals surface area contributed by atoms with Crippen LogP contribution in [0.15, 0.2) is 30.3 Å². The summed E-state index contributed by atoms with van der Waals surface area (Å²) in [5.74, 6) is -0.0597. The lowest BCUT2D eigenvalue weighted by atomic mass is 10.0. The van der Waals surface area contributed by atoms with Gasteiger partial charge in [-0.3, -0.25) is 9.59 Å². The smallest absolute Gasteiger partial charge is 0.253 e. The number of carbonyl (C=O) groups is 2. The van der Waals surface area contributed by atoms with E-state index in [0.717, 1.165) is 6.42 Å². The van der Waals surface area contributed by atoms with E-state index < -0.39 is 0 Å². The third-order valence-electron chi connectivity index (χ3n) is 4.29. The molecular formula is C17H26ClN3O2. The maximum Gasteiger partial charge on any atom is 0.253 e. The predicted molar refractivity (Wildman–Crippen MR) is 93.6 cm³/mol. The molecule has 1 aromatic carbocycles. The van der Waals surface area contributed by atoms with Crippen LogP contribution in [0.1, 0.15) is 30.6 Å². The van der Waals surface area contributed by atoms with Gasteiger partial charge in [-0.2, -0.15) is 0 Å². The Morgan fingerprint density at radius 2 is 1.57 bits per heavy atom. The van der Waals surface area contributed by atoms with Gasteiger partial charge < -0.3 is 15.5 Å². The van der Waals surface area contributed by atoms with Crippen molar-refractivity contribution < 1.29 is 9.59 Å². The van der Waals surface area contributed by atoms with Gasteiger partial charge in [0.1, 0.15) is 0 Å². The molecule has 2 amide bonds. The fourth-order valence-corrected chi connectivity index (χ4v) is 2.62. The summed E-state index contributed by atoms with van der Waals surface area (Å²) >= 11 is 0. The largest absolute Gasteiger partial charge is 0.341 e. The minimum absolute atomic E-state index is 0. The molecule has 2 atom stereocenters. The molecule has 1 fully saturated rings. The van der Waals surface area contributed by atoms with Crippen molar-refractivity contribution >= 4 is 24.2 Å². The molecule has 128 valence electrons. The topological polar surface area (TPSA) is 66.6 Å². The van der Waals surface area contributed by atoms with E-state index in [9.17, 15) is 9.59 Å². The van der Waals surface area contributed by atoms with Crippen LogP contribution in [0.2, 0.25) is 0 Å². The van der Waals surface area contributed by atoms with E-state index in [2.05, 4.69) is 0 Å². The van der Waals surface area contributed by atoms with E-state index in [1.54, 1.807) is 0 Å². The third kappa shape index (κ3) is 4.94. The average molecular weight is 340 g/mol. The van der Waals surface area contributed by atoms with Gasteiger partial charge in [0, 0.05) is 37.8 Å². The lowest BCUT2D eigenvalue weighted by Crippen LogP contribution is -2.43. The summed E-state index contributed by atoms with van der Waals surface area (Å²) in [7, 11) is 0. The van der Waals surface area contributed by atoms with Crippen LogP contribution >= 0.6 is 12.4 Å². The molecule has 23 heavy (non-hydrogen) atoms. The van der Waals surface area contributed by atoms with Gasteiger partial charge in [0.05, 0.1) is 5.92 Å². The zero-order valence-corrected chi connectivity index (χ0v) is 14.6. The summed E-state index contributed by atoms with van der Waals surface area (Å²) < 4.78 is 0. The van der Waals surface area contributed by atoms with Crippen molar-refractivity contribution in [1.82, 2.24) is 9.80 Å². The number of halogens is 1. The van der Waals surface area contributed by atoms with E-state index in [4.69, 9.17) is 5.73 Å². The maximum absolute atomic E-state index is 12.5. The van der Waals surface area contributed by atoms with Crippen molar-refractivity contribution in [3.8, 4) is 0 Å². The van der Waals surface area contributed by atoms with Gasteiger partial charge in [-0.15, -0.1) is 12.4 Å². The van der Waals surface area contributed by atoms with Gasteiger partial charge in [-0.25, -0.2) is 0 Å². The normalized spacial score (nSPS) is 17.7. The van der Waals surface area contributed by atoms with E-state index in [1.165, 1.54) is 0 Å². The standard InChI is InChI=1S/C17H25N3O2.ClH/c1-13(14(2)18)16(21)19-9-6-10-20(12-11-19)17(22)15-7-4-3-5-8-15;/h3-5,7-8,13-14H,6,9-12,18H2,1-2H3;1H. The second kappa shape index (κ2) is 8.89. The van der Waals surface area contributed by atoms with Crippen molar-refractivity contribution in [3.05, 3.63) is 35.9 Å². The minimum atomic E-state index is -0.184. The zero-order chi connectivity index (χ0) is 16.1. The number of carbonyl (C=O) groups excluding carboxylic acids is 2. The molecule has 1 saturated heterocycles. The van der Waals surface area contributed by atoms with Crippen LogP contribution in [0.25, 0.3) is 0 Å². The molecule has 2 N–H and O–H groups in total. The number of benzene rings is 1. The Kier molecular flexibility index (Phi) is 7.52. The molecule has 1 aliphatic heterocycles. The molecule has 1 aliphatic rings. The monoisotopic (exact) mass is 339 g/mol. The first-order chi connectivity index (χ1) is 10.5. The van der Waals surface area contributed by atoms with Crippen molar-refractivity contribution in [2.24, 2.45) is 11.7 Å². The van der Waals surface area contributed by atoms with Crippen LogP contribution in [-0.4, -0.2) is 53.8 Å². The van der Waals surface area contributed by atoms with Gasteiger partial charge >= 0.3 is 0 Å². The van der Waals surface area contributed by atoms with Gasteiger partial charge in [-0.1, -0.05) is 25.1 Å². The molecule has 0 spiro atoms. The van der Waals surface area contributed by atoms with Crippen LogP contribution in [0, 0.1) is 5.92 Å². The molecule has 2 rings (SSSR count). The summed E-state index contributed by atoms with van der Waals surface area (Å²) in [5.41, 5.74) is 6.52. The second-order valence-electron chi connectivity index (χ2n) is 5.98. The Balaban J connectivity index is 0.00000264. The molecule has 5 nitrogen and oxygen atoms in total. The van der Waals surface area contributed by atoms with Crippen LogP contribution in [0.4, 0.5) is 0 Å². The Bertz CT molecular complexity index is 522. The van der Waals surface area contributed by atoms with E-state index in [-0.39, 0.29) is 36.2 Å². The molecule has 0 aliphatic carbocycles. The number of rotatable bonds is 3. The first-order valence-electron chi connectivity index (χ1n) is 7.89. The number of hydrogen-bond donors (Lipinski definition) is 1. The number of hydrogen-bond acceptors (Lipinski definition) is 3. The highest BCUT2D eigenvalue weighted by atomic mass is 35.5. The fraction of sp³-hybridized carbons (Fsp3) is 0.529. The Morgan fingerprint density at radius 1 is 1.00 bits per heavy atom. The van der Waals surface area contributed by atoms with E-state index >= 15 is 0 Å². The zero-order valence-electron chi connectivity index (χ0n) is 13.8. The fourth-order valence-electron chi connectivity index (χ4n) is 2.62. The Hall–Kier alpha value is -1.59. The molecule has 0 saturated carbocycles. The van der Waals surface area contributed by atoms with Crippen molar-refractivity contribution in [2.75, 3.05) is 26.2 Å². The number of amides is 2. The summed E-state index contributed by atoms with van der Waals surface area (Å²) in [6.07, 6.45) is 0.802. The predicted octanol–water partition coefficient (Wildman–Crippen LogP) is 1.77. The average Bonchev–Trinajstić information content (AvgIpc) is 2.79. The van der Waals surface area contributed by atoms with Gasteiger partial charge in [-0.05, 0) is 25.5 Å². The molecule has 0 bridgehead atoms. The minimum Gasteiger partial charge on any atom is -0.341 e. The number of nitrogens with two attached hydrogens (primary N) is 1. The van der Waals surface area contributed by atoms with Crippen LogP contribution < -0.4 is 5.73 Å². The first-order valence-corrected chi connectivity index (χ1v) is 7.89. The first kappa shape index (κ1) is 19.5. The summed E-state index contributed by atoms with van der Waals surface area (Å²) in [6.45, 7) is 6.24. The van der Waals surface area contributed by atoms with E-state index in [0.29, 0.717) is 31.7 Å².